The lowest BCUT2D eigenvalue weighted by Gasteiger charge is -2.04. The normalized spacial score (nSPS) is 11.6. The molecule has 0 N–H and O–H groups in total. The van der Waals surface area contributed by atoms with E-state index in [1.54, 1.807) is 0 Å². The lowest BCUT2D eigenvalue weighted by molar-refractivity contribution is 0.532. The third kappa shape index (κ3) is 9.74. The van der Waals surface area contributed by atoms with Crippen molar-refractivity contribution in [3.05, 3.63) is 0 Å². The number of nitrogens with zero attached hydrogens (tertiary/aromatic N) is 1. The Kier molecular flexibility index (Phi) is 7.41. The molecule has 0 aromatic carbocycles. The molecule has 0 radical (unpaired) electrons. The van der Waals surface area contributed by atoms with Crippen molar-refractivity contribution in [2.75, 3.05) is 11.5 Å². The molecule has 0 bridgehead atoms. The van der Waals surface area contributed by atoms with E-state index >= 15 is 0 Å². The Balaban J connectivity index is 3.54. The average Bonchev–Trinajstić information content (AvgIpc) is 2.14. The van der Waals surface area contributed by atoms with E-state index in [1.165, 1.54) is 0 Å². The van der Waals surface area contributed by atoms with Gasteiger partial charge in [-0.1, -0.05) is 33.1 Å². The number of rotatable bonds is 8. The van der Waals surface area contributed by atoms with Gasteiger partial charge in [0.05, 0.1) is 17.6 Å². The molecule has 0 aromatic heterocycles. The molecule has 0 rings (SSSR count). The zero-order chi connectivity index (χ0) is 11.7. The van der Waals surface area contributed by atoms with E-state index in [4.69, 9.17) is 5.26 Å². The van der Waals surface area contributed by atoms with Gasteiger partial charge in [-0.05, 0) is 12.3 Å². The summed E-state index contributed by atoms with van der Waals surface area (Å²) in [5.74, 6) is 0.959. The van der Waals surface area contributed by atoms with Crippen molar-refractivity contribution in [3.63, 3.8) is 0 Å². The smallest absolute Gasteiger partial charge is 0.151 e. The number of hydrogen-bond donors (Lipinski definition) is 0. The van der Waals surface area contributed by atoms with E-state index in [2.05, 4.69) is 13.8 Å². The summed E-state index contributed by atoms with van der Waals surface area (Å²) in [6, 6.07) is 1.86. The summed E-state index contributed by atoms with van der Waals surface area (Å²) in [5, 5.41) is 8.29. The second-order valence-electron chi connectivity index (χ2n) is 4.30. The summed E-state index contributed by atoms with van der Waals surface area (Å²) >= 11 is 0. The summed E-state index contributed by atoms with van der Waals surface area (Å²) < 4.78 is 22.7. The maximum Gasteiger partial charge on any atom is 0.151 e. The molecule has 4 heteroatoms. The van der Waals surface area contributed by atoms with Crippen LogP contribution in [0.2, 0.25) is 0 Å². The quantitative estimate of drug-likeness (QED) is 0.603. The van der Waals surface area contributed by atoms with E-state index in [0.29, 0.717) is 5.92 Å². The van der Waals surface area contributed by atoms with E-state index in [0.717, 1.165) is 25.7 Å². The molecule has 0 saturated carbocycles. The number of hydrogen-bond acceptors (Lipinski definition) is 3. The van der Waals surface area contributed by atoms with Gasteiger partial charge in [-0.15, -0.1) is 0 Å². The molecule has 0 aliphatic heterocycles. The number of unbranched alkanes of at least 4 members (excludes halogenated alkanes) is 2. The predicted octanol–water partition coefficient (Wildman–Crippen LogP) is 2.53. The molecular weight excluding hydrogens is 210 g/mol. The SMILES string of the molecule is CC(C)CCCCCS(=O)(=O)CCC#N. The molecular formula is C11H21NO2S. The van der Waals surface area contributed by atoms with Crippen LogP contribution < -0.4 is 0 Å². The first-order valence-corrected chi connectivity index (χ1v) is 7.37. The van der Waals surface area contributed by atoms with Crippen molar-refractivity contribution in [2.45, 2.75) is 46.0 Å². The molecule has 0 unspecified atom stereocenters. The summed E-state index contributed by atoms with van der Waals surface area (Å²) in [4.78, 5) is 0. The molecule has 0 heterocycles. The summed E-state index contributed by atoms with van der Waals surface area (Å²) in [7, 11) is -2.97. The van der Waals surface area contributed by atoms with Gasteiger partial charge in [-0.3, -0.25) is 0 Å². The highest BCUT2D eigenvalue weighted by atomic mass is 32.2. The van der Waals surface area contributed by atoms with Crippen LogP contribution >= 0.6 is 0 Å². The first kappa shape index (κ1) is 14.4. The largest absolute Gasteiger partial charge is 0.229 e. The molecule has 88 valence electrons. The highest BCUT2D eigenvalue weighted by molar-refractivity contribution is 7.91. The topological polar surface area (TPSA) is 57.9 Å². The molecule has 0 saturated heterocycles. The van der Waals surface area contributed by atoms with Gasteiger partial charge >= 0.3 is 0 Å². The minimum absolute atomic E-state index is 0.0215. The van der Waals surface area contributed by atoms with Crippen LogP contribution in [0.5, 0.6) is 0 Å². The standard InChI is InChI=1S/C11H21NO2S/c1-11(2)7-4-3-5-9-15(13,14)10-6-8-12/h11H,3-7,9-10H2,1-2H3. The number of sulfone groups is 1. The second kappa shape index (κ2) is 7.70. The van der Waals surface area contributed by atoms with Crippen LogP contribution in [0.25, 0.3) is 0 Å². The number of nitriles is 1. The fraction of sp³-hybridized carbons (Fsp3) is 0.909. The summed E-state index contributed by atoms with van der Waals surface area (Å²) in [6.45, 7) is 4.34. The molecule has 0 atom stereocenters. The molecule has 0 spiro atoms. The van der Waals surface area contributed by atoms with Gasteiger partial charge in [-0.2, -0.15) is 5.26 Å². The summed E-state index contributed by atoms with van der Waals surface area (Å²) in [5.41, 5.74) is 0. The molecule has 0 aromatic rings. The Morgan fingerprint density at radius 2 is 1.80 bits per heavy atom. The molecule has 0 fully saturated rings. The van der Waals surface area contributed by atoms with Gasteiger partial charge in [0, 0.05) is 6.42 Å². The first-order chi connectivity index (χ1) is 6.98. The maximum absolute atomic E-state index is 11.3. The molecule has 0 aliphatic rings. The third-order valence-corrected chi connectivity index (χ3v) is 4.00. The zero-order valence-corrected chi connectivity index (χ0v) is 10.5. The summed E-state index contributed by atoms with van der Waals surface area (Å²) in [6.07, 6.45) is 4.10. The zero-order valence-electron chi connectivity index (χ0n) is 9.70. The van der Waals surface area contributed by atoms with Crippen molar-refractivity contribution in [1.29, 1.82) is 5.26 Å². The highest BCUT2D eigenvalue weighted by Gasteiger charge is 2.09. The van der Waals surface area contributed by atoms with Gasteiger partial charge in [0.15, 0.2) is 9.84 Å². The predicted molar refractivity (Wildman–Crippen MR) is 62.2 cm³/mol. The second-order valence-corrected chi connectivity index (χ2v) is 6.61. The first-order valence-electron chi connectivity index (χ1n) is 5.55. The van der Waals surface area contributed by atoms with Crippen LogP contribution in [0.3, 0.4) is 0 Å². The van der Waals surface area contributed by atoms with Crippen LogP contribution in [0.15, 0.2) is 0 Å². The molecule has 15 heavy (non-hydrogen) atoms. The van der Waals surface area contributed by atoms with Crippen molar-refractivity contribution in [1.82, 2.24) is 0 Å². The van der Waals surface area contributed by atoms with E-state index in [1.807, 2.05) is 6.07 Å². The van der Waals surface area contributed by atoms with Crippen LogP contribution in [-0.2, 0) is 9.84 Å². The Hall–Kier alpha value is -0.560. The van der Waals surface area contributed by atoms with E-state index in [-0.39, 0.29) is 17.9 Å². The van der Waals surface area contributed by atoms with Crippen LogP contribution in [-0.4, -0.2) is 19.9 Å². The van der Waals surface area contributed by atoms with Crippen molar-refractivity contribution < 1.29 is 8.42 Å². The van der Waals surface area contributed by atoms with Crippen LogP contribution in [0.4, 0.5) is 0 Å². The van der Waals surface area contributed by atoms with Gasteiger partial charge in [-0.25, -0.2) is 8.42 Å². The highest BCUT2D eigenvalue weighted by Crippen LogP contribution is 2.09. The average molecular weight is 231 g/mol. The fourth-order valence-electron chi connectivity index (χ4n) is 1.35. The van der Waals surface area contributed by atoms with Crippen molar-refractivity contribution >= 4 is 9.84 Å². The van der Waals surface area contributed by atoms with Crippen molar-refractivity contribution in [3.8, 4) is 6.07 Å². The molecule has 3 nitrogen and oxygen atoms in total. The van der Waals surface area contributed by atoms with E-state index < -0.39 is 9.84 Å². The van der Waals surface area contributed by atoms with Gasteiger partial charge in [0.25, 0.3) is 0 Å². The van der Waals surface area contributed by atoms with Crippen LogP contribution in [0, 0.1) is 17.2 Å². The Morgan fingerprint density at radius 3 is 2.33 bits per heavy atom. The van der Waals surface area contributed by atoms with Gasteiger partial charge in [0.2, 0.25) is 0 Å². The third-order valence-electron chi connectivity index (χ3n) is 2.26. The van der Waals surface area contributed by atoms with Crippen molar-refractivity contribution in [2.24, 2.45) is 5.92 Å². The van der Waals surface area contributed by atoms with Gasteiger partial charge < -0.3 is 0 Å². The minimum Gasteiger partial charge on any atom is -0.229 e. The lowest BCUT2D eigenvalue weighted by atomic mass is 10.1. The lowest BCUT2D eigenvalue weighted by Crippen LogP contribution is -2.10. The maximum atomic E-state index is 11.3. The van der Waals surface area contributed by atoms with Gasteiger partial charge in [0.1, 0.15) is 0 Å². The molecule has 0 aliphatic carbocycles. The fourth-order valence-corrected chi connectivity index (χ4v) is 2.60. The Labute approximate surface area is 93.4 Å². The Bertz CT molecular complexity index is 288. The Morgan fingerprint density at radius 1 is 1.13 bits per heavy atom. The van der Waals surface area contributed by atoms with Crippen LogP contribution in [0.1, 0.15) is 46.0 Å². The van der Waals surface area contributed by atoms with E-state index in [9.17, 15) is 8.42 Å². The molecule has 0 amide bonds. The minimum atomic E-state index is -2.97. The monoisotopic (exact) mass is 231 g/mol.